The fourth-order valence-corrected chi connectivity index (χ4v) is 3.93. The number of aromatic nitrogens is 3. The summed E-state index contributed by atoms with van der Waals surface area (Å²) in [6, 6.07) is 11.1. The van der Waals surface area contributed by atoms with E-state index >= 15 is 0 Å². The van der Waals surface area contributed by atoms with Gasteiger partial charge in [0.05, 0.1) is 40.2 Å². The predicted molar refractivity (Wildman–Crippen MR) is 131 cm³/mol. The van der Waals surface area contributed by atoms with Crippen LogP contribution in [0, 0.1) is 29.6 Å². The van der Waals surface area contributed by atoms with Gasteiger partial charge in [-0.15, -0.1) is 0 Å². The molecule has 4 heterocycles. The van der Waals surface area contributed by atoms with Gasteiger partial charge in [0, 0.05) is 47.9 Å². The van der Waals surface area contributed by atoms with Crippen molar-refractivity contribution in [1.82, 2.24) is 15.0 Å². The quantitative estimate of drug-likeness (QED) is 0.582. The van der Waals surface area contributed by atoms with Gasteiger partial charge in [-0.1, -0.05) is 0 Å². The van der Waals surface area contributed by atoms with Crippen LogP contribution >= 0.6 is 0 Å². The van der Waals surface area contributed by atoms with Gasteiger partial charge in [0.1, 0.15) is 11.9 Å². The lowest BCUT2D eigenvalue weighted by molar-refractivity contribution is 0.0305. The summed E-state index contributed by atoms with van der Waals surface area (Å²) in [5, 5.41) is 31.9. The summed E-state index contributed by atoms with van der Waals surface area (Å²) in [7, 11) is 0. The molecule has 0 spiro atoms. The lowest BCUT2D eigenvalue weighted by Crippen LogP contribution is -2.60. The Hall–Kier alpha value is -4.34. The van der Waals surface area contributed by atoms with Crippen molar-refractivity contribution < 1.29 is 9.90 Å². The molecule has 0 saturated carbocycles. The summed E-state index contributed by atoms with van der Waals surface area (Å²) in [6.07, 6.45) is 4.74. The summed E-state index contributed by atoms with van der Waals surface area (Å²) in [5.41, 5.74) is 2.31. The highest BCUT2D eigenvalue weighted by Gasteiger charge is 2.38. The molecule has 1 amide bonds. The van der Waals surface area contributed by atoms with Gasteiger partial charge in [0.25, 0.3) is 5.91 Å². The lowest BCUT2D eigenvalue weighted by Gasteiger charge is -2.45. The van der Waals surface area contributed by atoms with Gasteiger partial charge < -0.3 is 15.3 Å². The number of hydrogen-bond acceptors (Lipinski definition) is 8. The van der Waals surface area contributed by atoms with Crippen LogP contribution in [0.2, 0.25) is 0 Å². The number of carbonyl (C=O) groups excluding carboxylic acids is 1. The molecule has 0 radical (unpaired) electrons. The molecule has 0 bridgehead atoms. The summed E-state index contributed by atoms with van der Waals surface area (Å²) in [5.74, 6) is 0.182. The molecule has 1 fully saturated rings. The molecular formula is C26H25N7O2. The third-order valence-corrected chi connectivity index (χ3v) is 5.95. The zero-order valence-electron chi connectivity index (χ0n) is 20.0. The number of anilines is 2. The van der Waals surface area contributed by atoms with Crippen molar-refractivity contribution in [2.24, 2.45) is 0 Å². The van der Waals surface area contributed by atoms with E-state index in [9.17, 15) is 20.4 Å². The predicted octanol–water partition coefficient (Wildman–Crippen LogP) is 3.34. The van der Waals surface area contributed by atoms with E-state index in [0.717, 1.165) is 11.3 Å². The number of β-amino-alcohol motifs (C(OH)–C–C–N with tert-alkyl or cyclic N) is 1. The molecule has 3 aromatic rings. The maximum Gasteiger partial charge on any atom is 0.255 e. The first-order valence-corrected chi connectivity index (χ1v) is 11.1. The number of aryl methyl sites for hydroxylation is 1. The maximum atomic E-state index is 12.9. The Bertz CT molecular complexity index is 1390. The van der Waals surface area contributed by atoms with E-state index in [4.69, 9.17) is 0 Å². The monoisotopic (exact) mass is 467 g/mol. The van der Waals surface area contributed by atoms with E-state index in [0.29, 0.717) is 47.0 Å². The average molecular weight is 468 g/mol. The van der Waals surface area contributed by atoms with Gasteiger partial charge in [-0.05, 0) is 52.0 Å². The topological polar surface area (TPSA) is 139 Å². The van der Waals surface area contributed by atoms with Crippen LogP contribution in [0.15, 0.2) is 42.9 Å². The van der Waals surface area contributed by atoms with E-state index in [2.05, 4.69) is 32.4 Å². The zero-order valence-corrected chi connectivity index (χ0v) is 20.0. The summed E-state index contributed by atoms with van der Waals surface area (Å²) >= 11 is 0. The average Bonchev–Trinajstić information content (AvgIpc) is 2.83. The normalized spacial score (nSPS) is 14.4. The minimum Gasteiger partial charge on any atom is -0.386 e. The molecule has 35 heavy (non-hydrogen) atoms. The van der Waals surface area contributed by atoms with Crippen LogP contribution in [0.25, 0.3) is 11.1 Å². The number of amides is 1. The van der Waals surface area contributed by atoms with Crippen LogP contribution in [0.4, 0.5) is 11.5 Å². The molecule has 4 rings (SSSR count). The highest BCUT2D eigenvalue weighted by atomic mass is 16.3. The number of carbonyl (C=O) groups is 1. The van der Waals surface area contributed by atoms with Crippen LogP contribution in [0.3, 0.4) is 0 Å². The van der Waals surface area contributed by atoms with Gasteiger partial charge in [0.15, 0.2) is 0 Å². The summed E-state index contributed by atoms with van der Waals surface area (Å²) < 4.78 is 0. The highest BCUT2D eigenvalue weighted by molar-refractivity contribution is 6.04. The molecule has 2 N–H and O–H groups in total. The van der Waals surface area contributed by atoms with Gasteiger partial charge in [-0.3, -0.25) is 14.8 Å². The van der Waals surface area contributed by atoms with Crippen molar-refractivity contribution in [3.8, 4) is 23.3 Å². The minimum absolute atomic E-state index is 0.352. The fourth-order valence-electron chi connectivity index (χ4n) is 3.93. The minimum atomic E-state index is -0.821. The summed E-state index contributed by atoms with van der Waals surface area (Å²) in [4.78, 5) is 27.9. The van der Waals surface area contributed by atoms with Crippen LogP contribution in [-0.4, -0.2) is 44.7 Å². The van der Waals surface area contributed by atoms with Crippen molar-refractivity contribution in [3.05, 3.63) is 65.4 Å². The number of rotatable bonds is 5. The molecule has 176 valence electrons. The second-order valence-corrected chi connectivity index (χ2v) is 9.54. The molecule has 0 atom stereocenters. The molecule has 0 aromatic carbocycles. The van der Waals surface area contributed by atoms with Gasteiger partial charge in [-0.25, -0.2) is 4.98 Å². The standard InChI is InChI=1S/C26H25N7O2/c1-16-21(19-7-18(10-27)23(31-11-19)33-14-26(4,35)15-33)9-20(12-30-16)32-24(34)17-5-6-29-22(8-17)25(2,3)13-28/h5-9,11-12,35H,14-15H2,1-4H3,(H,32,34). The second-order valence-electron chi connectivity index (χ2n) is 9.54. The largest absolute Gasteiger partial charge is 0.386 e. The first-order valence-electron chi connectivity index (χ1n) is 11.1. The lowest BCUT2D eigenvalue weighted by atomic mass is 9.90. The number of nitriles is 2. The van der Waals surface area contributed by atoms with Crippen molar-refractivity contribution in [2.45, 2.75) is 38.7 Å². The molecule has 0 aliphatic carbocycles. The Kier molecular flexibility index (Phi) is 5.98. The Morgan fingerprint density at radius 3 is 2.57 bits per heavy atom. The van der Waals surface area contributed by atoms with E-state index in [1.54, 1.807) is 57.4 Å². The maximum absolute atomic E-state index is 12.9. The molecule has 9 heteroatoms. The van der Waals surface area contributed by atoms with E-state index < -0.39 is 11.0 Å². The van der Waals surface area contributed by atoms with Gasteiger partial charge >= 0.3 is 0 Å². The Labute approximate surface area is 203 Å². The third kappa shape index (κ3) is 4.81. The van der Waals surface area contributed by atoms with Crippen LogP contribution in [0.5, 0.6) is 0 Å². The Morgan fingerprint density at radius 2 is 1.91 bits per heavy atom. The zero-order chi connectivity index (χ0) is 25.4. The van der Waals surface area contributed by atoms with Crippen LogP contribution < -0.4 is 10.2 Å². The number of nitrogens with one attached hydrogen (secondary N) is 1. The molecule has 0 unspecified atom stereocenters. The molecule has 1 saturated heterocycles. The molecule has 1 aliphatic heterocycles. The molecule has 3 aromatic heterocycles. The van der Waals surface area contributed by atoms with E-state index in [1.165, 1.54) is 6.20 Å². The van der Waals surface area contributed by atoms with E-state index in [-0.39, 0.29) is 5.91 Å². The van der Waals surface area contributed by atoms with Crippen LogP contribution in [-0.2, 0) is 5.41 Å². The number of nitrogens with zero attached hydrogens (tertiary/aromatic N) is 6. The Morgan fingerprint density at radius 1 is 1.17 bits per heavy atom. The molecule has 9 nitrogen and oxygen atoms in total. The SMILES string of the molecule is Cc1ncc(NC(=O)c2ccnc(C(C)(C)C#N)c2)cc1-c1cnc(N2CC(C)(O)C2)c(C#N)c1. The van der Waals surface area contributed by atoms with Crippen molar-refractivity contribution >= 4 is 17.4 Å². The third-order valence-electron chi connectivity index (χ3n) is 5.95. The van der Waals surface area contributed by atoms with Crippen LogP contribution in [0.1, 0.15) is 48.1 Å². The molecular weight excluding hydrogens is 442 g/mol. The fraction of sp³-hybridized carbons (Fsp3) is 0.308. The van der Waals surface area contributed by atoms with Crippen molar-refractivity contribution in [3.63, 3.8) is 0 Å². The first-order chi connectivity index (χ1) is 16.5. The first kappa shape index (κ1) is 23.8. The van der Waals surface area contributed by atoms with Crippen molar-refractivity contribution in [2.75, 3.05) is 23.3 Å². The van der Waals surface area contributed by atoms with Gasteiger partial charge in [-0.2, -0.15) is 10.5 Å². The van der Waals surface area contributed by atoms with Gasteiger partial charge in [0.2, 0.25) is 0 Å². The Balaban J connectivity index is 1.60. The number of hydrogen-bond donors (Lipinski definition) is 2. The smallest absolute Gasteiger partial charge is 0.255 e. The van der Waals surface area contributed by atoms with E-state index in [1.807, 2.05) is 11.8 Å². The number of pyridine rings is 3. The number of aliphatic hydroxyl groups is 1. The highest BCUT2D eigenvalue weighted by Crippen LogP contribution is 2.32. The second kappa shape index (κ2) is 8.79. The molecule has 1 aliphatic rings. The summed E-state index contributed by atoms with van der Waals surface area (Å²) in [6.45, 7) is 7.90. The van der Waals surface area contributed by atoms with Crippen molar-refractivity contribution in [1.29, 1.82) is 10.5 Å².